The molecule has 2 aromatic heterocycles. The number of hydrogen-bond donors (Lipinski definition) is 2. The molecule has 3 aromatic rings. The molecule has 0 unspecified atom stereocenters. The zero-order valence-electron chi connectivity index (χ0n) is 24.0. The Labute approximate surface area is 230 Å². The van der Waals surface area contributed by atoms with E-state index in [0.29, 0.717) is 17.4 Å². The summed E-state index contributed by atoms with van der Waals surface area (Å²) in [5.74, 6) is 2.00. The number of amides is 1. The summed E-state index contributed by atoms with van der Waals surface area (Å²) in [6, 6.07) is 3.26. The second kappa shape index (κ2) is 11.5. The van der Waals surface area contributed by atoms with Crippen LogP contribution in [0.4, 0.5) is 11.6 Å². The highest BCUT2D eigenvalue weighted by atomic mass is 16.5. The summed E-state index contributed by atoms with van der Waals surface area (Å²) in [4.78, 5) is 26.4. The van der Waals surface area contributed by atoms with Crippen molar-refractivity contribution in [3.05, 3.63) is 47.4 Å². The molecule has 1 fully saturated rings. The first-order chi connectivity index (χ1) is 18.5. The topological polar surface area (TPSA) is 105 Å². The highest BCUT2D eigenvalue weighted by Crippen LogP contribution is 2.39. The van der Waals surface area contributed by atoms with Crippen LogP contribution >= 0.6 is 0 Å². The Morgan fingerprint density at radius 2 is 1.82 bits per heavy atom. The highest BCUT2D eigenvalue weighted by Gasteiger charge is 2.28. The van der Waals surface area contributed by atoms with Gasteiger partial charge in [0, 0.05) is 80.1 Å². The first kappa shape index (κ1) is 28.2. The van der Waals surface area contributed by atoms with E-state index < -0.39 is 0 Å². The van der Waals surface area contributed by atoms with Gasteiger partial charge in [0.25, 0.3) is 0 Å². The van der Waals surface area contributed by atoms with Crippen molar-refractivity contribution in [2.45, 2.75) is 47.6 Å². The zero-order valence-corrected chi connectivity index (χ0v) is 24.0. The number of carbonyl (C=O) groups is 1. The van der Waals surface area contributed by atoms with Crippen LogP contribution in [0.5, 0.6) is 17.2 Å². The number of phenolic OH excluding ortho intramolecular Hbond substituents is 1. The number of rotatable bonds is 7. The van der Waals surface area contributed by atoms with Crippen LogP contribution in [-0.4, -0.2) is 75.7 Å². The molecule has 1 aliphatic rings. The molecular weight excluding hydrogens is 496 g/mol. The summed E-state index contributed by atoms with van der Waals surface area (Å²) in [6.07, 6.45) is 6.95. The Bertz CT molecular complexity index is 1330. The molecule has 4 rings (SSSR count). The van der Waals surface area contributed by atoms with Crippen molar-refractivity contribution in [2.75, 3.05) is 45.7 Å². The third-order valence-corrected chi connectivity index (χ3v) is 6.95. The molecule has 2 N–H and O–H groups in total. The van der Waals surface area contributed by atoms with Gasteiger partial charge in [0.1, 0.15) is 5.82 Å². The SMILES string of the molecule is COc1cc(Nc2ncc(C)c(-n3cc(C)c(CN4CCCN(C(=O)C(C)(C)C)CC4)c3)n2)cc(O)c1OC. The van der Waals surface area contributed by atoms with E-state index in [1.54, 1.807) is 18.3 Å². The molecule has 39 heavy (non-hydrogen) atoms. The first-order valence-electron chi connectivity index (χ1n) is 13.3. The lowest BCUT2D eigenvalue weighted by molar-refractivity contribution is -0.139. The number of nitrogens with zero attached hydrogens (tertiary/aromatic N) is 5. The maximum Gasteiger partial charge on any atom is 0.229 e. The quantitative estimate of drug-likeness (QED) is 0.457. The van der Waals surface area contributed by atoms with Crippen molar-refractivity contribution in [1.29, 1.82) is 0 Å². The third kappa shape index (κ3) is 6.44. The van der Waals surface area contributed by atoms with E-state index in [1.807, 2.05) is 37.2 Å². The molecule has 0 spiro atoms. The monoisotopic (exact) mass is 536 g/mol. The van der Waals surface area contributed by atoms with E-state index in [9.17, 15) is 9.90 Å². The predicted molar refractivity (Wildman–Crippen MR) is 151 cm³/mol. The molecule has 0 aliphatic carbocycles. The van der Waals surface area contributed by atoms with Gasteiger partial charge in [0.15, 0.2) is 11.5 Å². The highest BCUT2D eigenvalue weighted by molar-refractivity contribution is 5.81. The lowest BCUT2D eigenvalue weighted by Gasteiger charge is -2.28. The molecule has 1 amide bonds. The molecule has 0 radical (unpaired) electrons. The van der Waals surface area contributed by atoms with Crippen molar-refractivity contribution in [3.63, 3.8) is 0 Å². The first-order valence-corrected chi connectivity index (χ1v) is 13.3. The van der Waals surface area contributed by atoms with Crippen LogP contribution in [0.25, 0.3) is 5.82 Å². The minimum absolute atomic E-state index is 0.0447. The predicted octanol–water partition coefficient (Wildman–Crippen LogP) is 4.43. The van der Waals surface area contributed by atoms with Crippen LogP contribution in [0.2, 0.25) is 0 Å². The number of anilines is 2. The Balaban J connectivity index is 1.50. The van der Waals surface area contributed by atoms with Gasteiger partial charge in [0.05, 0.1) is 14.2 Å². The molecule has 0 atom stereocenters. The van der Waals surface area contributed by atoms with E-state index in [-0.39, 0.29) is 22.8 Å². The van der Waals surface area contributed by atoms with E-state index in [0.717, 1.165) is 50.5 Å². The smallest absolute Gasteiger partial charge is 0.229 e. The number of benzene rings is 1. The van der Waals surface area contributed by atoms with Crippen LogP contribution in [0.1, 0.15) is 43.9 Å². The van der Waals surface area contributed by atoms with Crippen molar-refractivity contribution >= 4 is 17.5 Å². The molecule has 0 bridgehead atoms. The number of aryl methyl sites for hydroxylation is 2. The van der Waals surface area contributed by atoms with E-state index in [2.05, 4.69) is 34.5 Å². The van der Waals surface area contributed by atoms with Gasteiger partial charge in [-0.2, -0.15) is 4.98 Å². The molecule has 1 saturated heterocycles. The molecule has 210 valence electrons. The minimum atomic E-state index is -0.355. The molecule has 3 heterocycles. The van der Waals surface area contributed by atoms with Gasteiger partial charge in [-0.1, -0.05) is 20.8 Å². The van der Waals surface area contributed by atoms with Crippen LogP contribution in [0, 0.1) is 19.3 Å². The third-order valence-electron chi connectivity index (χ3n) is 6.95. The Hall–Kier alpha value is -3.79. The number of nitrogens with one attached hydrogen (secondary N) is 1. The Kier molecular flexibility index (Phi) is 8.34. The lowest BCUT2D eigenvalue weighted by atomic mass is 9.94. The number of carbonyl (C=O) groups excluding carboxylic acids is 1. The molecular formula is C29H40N6O4. The van der Waals surface area contributed by atoms with Gasteiger partial charge >= 0.3 is 0 Å². The largest absolute Gasteiger partial charge is 0.504 e. The van der Waals surface area contributed by atoms with Gasteiger partial charge in [-0.25, -0.2) is 4.98 Å². The van der Waals surface area contributed by atoms with Crippen molar-refractivity contribution in [3.8, 4) is 23.1 Å². The molecule has 1 aliphatic heterocycles. The minimum Gasteiger partial charge on any atom is -0.504 e. The van der Waals surface area contributed by atoms with Gasteiger partial charge in [-0.3, -0.25) is 9.69 Å². The number of hydrogen-bond acceptors (Lipinski definition) is 8. The molecule has 10 nitrogen and oxygen atoms in total. The fourth-order valence-corrected chi connectivity index (χ4v) is 4.83. The average Bonchev–Trinajstić information content (AvgIpc) is 3.08. The fourth-order valence-electron chi connectivity index (χ4n) is 4.83. The van der Waals surface area contributed by atoms with Crippen molar-refractivity contribution < 1.29 is 19.4 Å². The second-order valence-electron chi connectivity index (χ2n) is 11.1. The van der Waals surface area contributed by atoms with Gasteiger partial charge in [-0.05, 0) is 31.4 Å². The Morgan fingerprint density at radius 3 is 2.51 bits per heavy atom. The van der Waals surface area contributed by atoms with Crippen LogP contribution in [0.15, 0.2) is 30.7 Å². The summed E-state index contributed by atoms with van der Waals surface area (Å²) in [7, 11) is 2.99. The van der Waals surface area contributed by atoms with Gasteiger partial charge in [0.2, 0.25) is 17.6 Å². The van der Waals surface area contributed by atoms with Crippen molar-refractivity contribution in [1.82, 2.24) is 24.3 Å². The fraction of sp³-hybridized carbons (Fsp3) is 0.483. The number of aromatic nitrogens is 3. The van der Waals surface area contributed by atoms with Crippen LogP contribution < -0.4 is 14.8 Å². The van der Waals surface area contributed by atoms with Crippen LogP contribution in [0.3, 0.4) is 0 Å². The van der Waals surface area contributed by atoms with E-state index >= 15 is 0 Å². The summed E-state index contributed by atoms with van der Waals surface area (Å²) >= 11 is 0. The molecule has 0 saturated carbocycles. The van der Waals surface area contributed by atoms with E-state index in [4.69, 9.17) is 14.5 Å². The van der Waals surface area contributed by atoms with Crippen LogP contribution in [-0.2, 0) is 11.3 Å². The van der Waals surface area contributed by atoms with Gasteiger partial charge < -0.3 is 29.4 Å². The summed E-state index contributed by atoms with van der Waals surface area (Å²) in [5, 5.41) is 13.5. The standard InChI is InChI=1S/C29H40N6O4/c1-19-15-30-28(31-22-13-23(36)25(39-7)24(14-22)38-6)32-26(19)35-16-20(2)21(18-35)17-33-9-8-10-34(12-11-33)27(37)29(3,4)5/h13-16,18,36H,8-12,17H2,1-7H3,(H,30,31,32). The maximum atomic E-state index is 12.8. The number of phenols is 1. The molecule has 10 heteroatoms. The maximum absolute atomic E-state index is 12.8. The lowest BCUT2D eigenvalue weighted by Crippen LogP contribution is -2.41. The average molecular weight is 537 g/mol. The zero-order chi connectivity index (χ0) is 28.3. The van der Waals surface area contributed by atoms with E-state index in [1.165, 1.54) is 25.3 Å². The summed E-state index contributed by atoms with van der Waals surface area (Å²) < 4.78 is 12.6. The summed E-state index contributed by atoms with van der Waals surface area (Å²) in [6.45, 7) is 14.2. The molecule has 1 aromatic carbocycles. The van der Waals surface area contributed by atoms with Gasteiger partial charge in [-0.15, -0.1) is 0 Å². The number of aromatic hydroxyl groups is 1. The Morgan fingerprint density at radius 1 is 1.05 bits per heavy atom. The normalized spacial score (nSPS) is 14.7. The number of ether oxygens (including phenoxy) is 2. The number of methoxy groups -OCH3 is 2. The summed E-state index contributed by atoms with van der Waals surface area (Å²) in [5.41, 5.74) is 3.56. The van der Waals surface area contributed by atoms with Crippen molar-refractivity contribution in [2.24, 2.45) is 5.41 Å². The second-order valence-corrected chi connectivity index (χ2v) is 11.1.